The maximum Gasteiger partial charge on any atom is 0.261 e. The Balaban J connectivity index is 1.93. The molecular weight excluding hydrogens is 354 g/mol. The molecule has 0 spiro atoms. The molecule has 3 aromatic rings. The number of benzene rings is 2. The number of aryl methyl sites for hydroxylation is 1. The summed E-state index contributed by atoms with van der Waals surface area (Å²) in [5, 5.41) is 3.51. The lowest BCUT2D eigenvalue weighted by Crippen LogP contribution is -2.34. The van der Waals surface area contributed by atoms with Crippen LogP contribution in [0.25, 0.3) is 10.9 Å². The van der Waals surface area contributed by atoms with Crippen molar-refractivity contribution in [1.29, 1.82) is 0 Å². The van der Waals surface area contributed by atoms with Crippen molar-refractivity contribution in [3.8, 4) is 0 Å². The highest BCUT2D eigenvalue weighted by Crippen LogP contribution is 2.15. The van der Waals surface area contributed by atoms with Gasteiger partial charge in [0.25, 0.3) is 11.5 Å². The van der Waals surface area contributed by atoms with Gasteiger partial charge in [-0.1, -0.05) is 31.2 Å². The molecule has 0 radical (unpaired) electrons. The minimum Gasteiger partial charge on any atom is -0.383 e. The lowest BCUT2D eigenvalue weighted by molar-refractivity contribution is 0.0937. The van der Waals surface area contributed by atoms with E-state index in [1.807, 2.05) is 43.3 Å². The van der Waals surface area contributed by atoms with Crippen LogP contribution >= 0.6 is 0 Å². The standard InChI is InChI=1S/C22H25N3O3/c1-4-16-9-11-17(12-10-16)21(26)23-15(2)20-24-19-8-6-5-7-18(19)22(27)25(20)13-14-28-3/h5-12,15H,4,13-14H2,1-3H3,(H,23,26). The molecule has 0 aliphatic heterocycles. The average Bonchev–Trinajstić information content (AvgIpc) is 2.73. The van der Waals surface area contributed by atoms with Crippen LogP contribution in [0.15, 0.2) is 53.3 Å². The Bertz CT molecular complexity index is 1030. The zero-order chi connectivity index (χ0) is 20.1. The summed E-state index contributed by atoms with van der Waals surface area (Å²) < 4.78 is 6.73. The molecule has 6 heteroatoms. The molecule has 2 aromatic carbocycles. The van der Waals surface area contributed by atoms with E-state index in [1.165, 1.54) is 5.56 Å². The first-order valence-corrected chi connectivity index (χ1v) is 9.43. The molecule has 0 fully saturated rings. The molecule has 28 heavy (non-hydrogen) atoms. The number of hydrogen-bond acceptors (Lipinski definition) is 4. The molecule has 146 valence electrons. The summed E-state index contributed by atoms with van der Waals surface area (Å²) in [5.74, 6) is 0.315. The zero-order valence-corrected chi connectivity index (χ0v) is 16.4. The number of amides is 1. The predicted molar refractivity (Wildman–Crippen MR) is 110 cm³/mol. The van der Waals surface area contributed by atoms with Crippen molar-refractivity contribution in [2.75, 3.05) is 13.7 Å². The third kappa shape index (κ3) is 4.12. The predicted octanol–water partition coefficient (Wildman–Crippen LogP) is 3.10. The molecule has 1 N–H and O–H groups in total. The van der Waals surface area contributed by atoms with Crippen molar-refractivity contribution >= 4 is 16.8 Å². The highest BCUT2D eigenvalue weighted by Gasteiger charge is 2.19. The van der Waals surface area contributed by atoms with Gasteiger partial charge in [0.2, 0.25) is 0 Å². The van der Waals surface area contributed by atoms with E-state index in [1.54, 1.807) is 23.8 Å². The first kappa shape index (κ1) is 19.8. The number of nitrogens with zero attached hydrogens (tertiary/aromatic N) is 2. The normalized spacial score (nSPS) is 12.1. The van der Waals surface area contributed by atoms with Crippen LogP contribution in [-0.2, 0) is 17.7 Å². The van der Waals surface area contributed by atoms with Crippen molar-refractivity contribution in [1.82, 2.24) is 14.9 Å². The SMILES string of the molecule is CCc1ccc(C(=O)NC(C)c2nc3ccccc3c(=O)n2CCOC)cc1. The Morgan fingerprint density at radius 1 is 1.18 bits per heavy atom. The Morgan fingerprint density at radius 3 is 2.57 bits per heavy atom. The van der Waals surface area contributed by atoms with Gasteiger partial charge in [-0.2, -0.15) is 0 Å². The van der Waals surface area contributed by atoms with E-state index < -0.39 is 6.04 Å². The zero-order valence-electron chi connectivity index (χ0n) is 16.4. The van der Waals surface area contributed by atoms with Crippen LogP contribution in [0.1, 0.15) is 41.6 Å². The van der Waals surface area contributed by atoms with Gasteiger partial charge >= 0.3 is 0 Å². The Morgan fingerprint density at radius 2 is 1.89 bits per heavy atom. The van der Waals surface area contributed by atoms with Gasteiger partial charge < -0.3 is 10.1 Å². The maximum atomic E-state index is 12.9. The van der Waals surface area contributed by atoms with Gasteiger partial charge in [-0.25, -0.2) is 4.98 Å². The van der Waals surface area contributed by atoms with E-state index in [2.05, 4.69) is 17.2 Å². The van der Waals surface area contributed by atoms with Crippen LogP contribution in [0, 0.1) is 0 Å². The van der Waals surface area contributed by atoms with Crippen molar-refractivity contribution in [2.45, 2.75) is 32.9 Å². The minimum absolute atomic E-state index is 0.133. The number of hydrogen-bond donors (Lipinski definition) is 1. The van der Waals surface area contributed by atoms with Gasteiger partial charge in [0, 0.05) is 12.7 Å². The maximum absolute atomic E-state index is 12.9. The topological polar surface area (TPSA) is 73.2 Å². The number of methoxy groups -OCH3 is 1. The van der Waals surface area contributed by atoms with Gasteiger partial charge in [-0.3, -0.25) is 14.2 Å². The number of para-hydroxylation sites is 1. The van der Waals surface area contributed by atoms with Crippen molar-refractivity contribution in [2.24, 2.45) is 0 Å². The number of carbonyl (C=O) groups is 1. The van der Waals surface area contributed by atoms with Crippen molar-refractivity contribution < 1.29 is 9.53 Å². The molecule has 0 aliphatic rings. The average molecular weight is 379 g/mol. The van der Waals surface area contributed by atoms with E-state index in [0.717, 1.165) is 6.42 Å². The molecular formula is C22H25N3O3. The molecule has 0 bridgehead atoms. The Kier molecular flexibility index (Phi) is 6.21. The highest BCUT2D eigenvalue weighted by atomic mass is 16.5. The molecule has 1 amide bonds. The third-order valence-corrected chi connectivity index (χ3v) is 4.77. The van der Waals surface area contributed by atoms with Crippen LogP contribution in [0.3, 0.4) is 0 Å². The Hall–Kier alpha value is -2.99. The number of nitrogens with one attached hydrogen (secondary N) is 1. The van der Waals surface area contributed by atoms with Crippen LogP contribution in [0.2, 0.25) is 0 Å². The second-order valence-corrected chi connectivity index (χ2v) is 6.68. The highest BCUT2D eigenvalue weighted by molar-refractivity contribution is 5.94. The van der Waals surface area contributed by atoms with E-state index >= 15 is 0 Å². The first-order valence-electron chi connectivity index (χ1n) is 9.43. The number of rotatable bonds is 7. The molecule has 1 aromatic heterocycles. The second-order valence-electron chi connectivity index (χ2n) is 6.68. The third-order valence-electron chi connectivity index (χ3n) is 4.77. The summed E-state index contributed by atoms with van der Waals surface area (Å²) in [4.78, 5) is 30.2. The number of fused-ring (bicyclic) bond motifs is 1. The summed E-state index contributed by atoms with van der Waals surface area (Å²) in [5.41, 5.74) is 2.24. The van der Waals surface area contributed by atoms with Crippen molar-refractivity contribution in [3.05, 3.63) is 75.8 Å². The summed E-state index contributed by atoms with van der Waals surface area (Å²) in [6, 6.07) is 14.3. The summed E-state index contributed by atoms with van der Waals surface area (Å²) in [7, 11) is 1.59. The monoisotopic (exact) mass is 379 g/mol. The molecule has 0 saturated carbocycles. The molecule has 3 rings (SSSR count). The van der Waals surface area contributed by atoms with Gasteiger partial charge in [0.15, 0.2) is 0 Å². The summed E-state index contributed by atoms with van der Waals surface area (Å²) in [6.45, 7) is 4.65. The summed E-state index contributed by atoms with van der Waals surface area (Å²) in [6.07, 6.45) is 0.922. The van der Waals surface area contributed by atoms with Crippen LogP contribution in [0.4, 0.5) is 0 Å². The fraction of sp³-hybridized carbons (Fsp3) is 0.318. The molecule has 0 saturated heterocycles. The number of ether oxygens (including phenoxy) is 1. The quantitative estimate of drug-likeness (QED) is 0.685. The molecule has 1 unspecified atom stereocenters. The van der Waals surface area contributed by atoms with Gasteiger partial charge in [-0.15, -0.1) is 0 Å². The number of carbonyl (C=O) groups excluding carboxylic acids is 1. The molecule has 0 aliphatic carbocycles. The largest absolute Gasteiger partial charge is 0.383 e. The van der Waals surface area contributed by atoms with Crippen molar-refractivity contribution in [3.63, 3.8) is 0 Å². The first-order chi connectivity index (χ1) is 13.5. The van der Waals surface area contributed by atoms with E-state index in [9.17, 15) is 9.59 Å². The van der Waals surface area contributed by atoms with E-state index in [4.69, 9.17) is 4.74 Å². The fourth-order valence-corrected chi connectivity index (χ4v) is 3.15. The number of aromatic nitrogens is 2. The van der Waals surface area contributed by atoms with E-state index in [0.29, 0.717) is 35.4 Å². The van der Waals surface area contributed by atoms with Gasteiger partial charge in [0.05, 0.1) is 30.1 Å². The van der Waals surface area contributed by atoms with Crippen LogP contribution in [-0.4, -0.2) is 29.2 Å². The molecule has 6 nitrogen and oxygen atoms in total. The van der Waals surface area contributed by atoms with Crippen LogP contribution < -0.4 is 10.9 Å². The second kappa shape index (κ2) is 8.80. The molecule has 1 heterocycles. The van der Waals surface area contributed by atoms with Crippen LogP contribution in [0.5, 0.6) is 0 Å². The summed E-state index contributed by atoms with van der Waals surface area (Å²) >= 11 is 0. The lowest BCUT2D eigenvalue weighted by atomic mass is 10.1. The molecule has 1 atom stereocenters. The fourth-order valence-electron chi connectivity index (χ4n) is 3.15. The van der Waals surface area contributed by atoms with Gasteiger partial charge in [0.1, 0.15) is 5.82 Å². The van der Waals surface area contributed by atoms with E-state index in [-0.39, 0.29) is 11.5 Å². The Labute approximate surface area is 164 Å². The minimum atomic E-state index is -0.437. The lowest BCUT2D eigenvalue weighted by Gasteiger charge is -2.19. The smallest absolute Gasteiger partial charge is 0.261 e. The van der Waals surface area contributed by atoms with Gasteiger partial charge in [-0.05, 0) is 43.2 Å².